The number of quaternary nitrogens is 1. The predicted octanol–water partition coefficient (Wildman–Crippen LogP) is 1.02. The molecule has 5 nitrogen and oxygen atoms in total. The van der Waals surface area contributed by atoms with Gasteiger partial charge in [-0.25, -0.2) is 9.59 Å². The number of hydrogen-bond acceptors (Lipinski definition) is 4. The molecule has 3 N–H and O–H groups in total. The topological polar surface area (TPSA) is 72.2 Å². The van der Waals surface area contributed by atoms with Gasteiger partial charge < -0.3 is 11.1 Å². The van der Waals surface area contributed by atoms with Gasteiger partial charge in [0.1, 0.15) is 13.1 Å². The van der Waals surface area contributed by atoms with Crippen LogP contribution in [0.3, 0.4) is 0 Å². The molecular formula is C15H30N3O2+. The lowest BCUT2D eigenvalue weighted by Gasteiger charge is -2.38. The molecule has 1 aliphatic heterocycles. The van der Waals surface area contributed by atoms with Crippen LogP contribution in [0.5, 0.6) is 0 Å². The van der Waals surface area contributed by atoms with Crippen LogP contribution in [0.4, 0.5) is 0 Å². The van der Waals surface area contributed by atoms with E-state index in [-0.39, 0.29) is 22.2 Å². The minimum absolute atomic E-state index is 0.0407. The van der Waals surface area contributed by atoms with Crippen molar-refractivity contribution >= 4 is 11.8 Å². The number of piperazine rings is 1. The highest BCUT2D eigenvalue weighted by molar-refractivity contribution is 5.85. The van der Waals surface area contributed by atoms with Crippen LogP contribution in [0.15, 0.2) is 0 Å². The van der Waals surface area contributed by atoms with Crippen molar-refractivity contribution in [3.05, 3.63) is 0 Å². The molecule has 0 unspecified atom stereocenters. The lowest BCUT2D eigenvalue weighted by atomic mass is 10.0. The molecule has 0 radical (unpaired) electrons. The number of hydrogen-bond donors (Lipinski definition) is 2. The summed E-state index contributed by atoms with van der Waals surface area (Å²) >= 11 is 0. The maximum atomic E-state index is 12.7. The number of nitrogens with two attached hydrogens (primary N) is 1. The van der Waals surface area contributed by atoms with Gasteiger partial charge in [-0.3, -0.25) is 0 Å². The molecule has 0 aromatic heterocycles. The third-order valence-electron chi connectivity index (χ3n) is 4.37. The first-order valence-electron chi connectivity index (χ1n) is 7.94. The van der Waals surface area contributed by atoms with Crippen LogP contribution in [0, 0.1) is 5.92 Å². The maximum Gasteiger partial charge on any atom is 0.323 e. The van der Waals surface area contributed by atoms with Gasteiger partial charge in [0, 0.05) is 13.1 Å². The molecule has 0 aromatic rings. The molecule has 0 spiro atoms. The first-order valence-corrected chi connectivity index (χ1v) is 7.94. The van der Waals surface area contributed by atoms with Gasteiger partial charge in [0.05, 0.1) is 12.3 Å². The van der Waals surface area contributed by atoms with E-state index < -0.39 is 0 Å². The van der Waals surface area contributed by atoms with Crippen LogP contribution in [-0.2, 0) is 9.59 Å². The Kier molecular flexibility index (Phi) is 7.34. The van der Waals surface area contributed by atoms with Crippen molar-refractivity contribution in [1.29, 1.82) is 0 Å². The molecule has 0 aromatic carbocycles. The van der Waals surface area contributed by atoms with Crippen molar-refractivity contribution in [1.82, 2.24) is 5.32 Å². The van der Waals surface area contributed by atoms with Gasteiger partial charge in [0.25, 0.3) is 0 Å². The monoisotopic (exact) mass is 284 g/mol. The summed E-state index contributed by atoms with van der Waals surface area (Å²) in [5, 5.41) is 3.25. The minimum atomic E-state index is -0.0407. The number of unbranched alkanes of at least 4 members (excludes halogenated alkanes) is 2. The van der Waals surface area contributed by atoms with Gasteiger partial charge in [0.15, 0.2) is 0 Å². The molecular weight excluding hydrogens is 254 g/mol. The molecule has 1 aliphatic rings. The molecule has 1 fully saturated rings. The zero-order valence-electron chi connectivity index (χ0n) is 13.0. The van der Waals surface area contributed by atoms with E-state index in [9.17, 15) is 9.59 Å². The van der Waals surface area contributed by atoms with Gasteiger partial charge >= 0.3 is 11.8 Å². The second-order valence-electron chi connectivity index (χ2n) is 5.81. The quantitative estimate of drug-likeness (QED) is 0.541. The van der Waals surface area contributed by atoms with E-state index in [1.54, 1.807) is 0 Å². The fraction of sp³-hybridized carbons (Fsp3) is 0.867. The van der Waals surface area contributed by atoms with Gasteiger partial charge in [-0.05, 0) is 32.7 Å². The molecule has 0 aliphatic carbocycles. The average molecular weight is 284 g/mol. The van der Waals surface area contributed by atoms with Crippen LogP contribution in [-0.4, -0.2) is 49.0 Å². The number of amides is 2. The van der Waals surface area contributed by atoms with Gasteiger partial charge in [-0.1, -0.05) is 13.3 Å². The number of imide groups is 1. The number of rotatable bonds is 7. The van der Waals surface area contributed by atoms with E-state index in [0.717, 1.165) is 38.8 Å². The smallest absolute Gasteiger partial charge is 0.323 e. The van der Waals surface area contributed by atoms with Crippen LogP contribution in [0.25, 0.3) is 0 Å². The fourth-order valence-corrected chi connectivity index (χ4v) is 2.78. The first-order chi connectivity index (χ1) is 9.58. The summed E-state index contributed by atoms with van der Waals surface area (Å²) in [6.07, 6.45) is 4.07. The Morgan fingerprint density at radius 1 is 1.20 bits per heavy atom. The third kappa shape index (κ3) is 4.11. The summed E-state index contributed by atoms with van der Waals surface area (Å²) in [4.78, 5) is 25.3. The van der Waals surface area contributed by atoms with E-state index >= 15 is 0 Å². The summed E-state index contributed by atoms with van der Waals surface area (Å²) in [5.41, 5.74) is 5.47. The average Bonchev–Trinajstić information content (AvgIpc) is 2.50. The summed E-state index contributed by atoms with van der Waals surface area (Å²) in [5.74, 6) is 0.174. The summed E-state index contributed by atoms with van der Waals surface area (Å²) in [6.45, 7) is 7.33. The fourth-order valence-electron chi connectivity index (χ4n) is 2.78. The van der Waals surface area contributed by atoms with Crippen LogP contribution < -0.4 is 11.1 Å². The Morgan fingerprint density at radius 2 is 1.85 bits per heavy atom. The maximum absolute atomic E-state index is 12.7. The van der Waals surface area contributed by atoms with E-state index in [1.807, 2.05) is 13.8 Å². The number of carbonyl (C=O) groups is 2. The molecule has 1 heterocycles. The third-order valence-corrected chi connectivity index (χ3v) is 4.37. The first kappa shape index (κ1) is 17.3. The Balaban J connectivity index is 2.72. The summed E-state index contributed by atoms with van der Waals surface area (Å²) in [6, 6.07) is 0. The molecule has 1 atom stereocenters. The molecule has 20 heavy (non-hydrogen) atoms. The van der Waals surface area contributed by atoms with Crippen molar-refractivity contribution in [3.63, 3.8) is 0 Å². The molecule has 2 amide bonds. The van der Waals surface area contributed by atoms with Gasteiger partial charge in [0.2, 0.25) is 0 Å². The zero-order valence-corrected chi connectivity index (χ0v) is 13.0. The second kappa shape index (κ2) is 8.49. The highest BCUT2D eigenvalue weighted by atomic mass is 16.2. The van der Waals surface area contributed by atoms with Crippen LogP contribution in [0.2, 0.25) is 0 Å². The normalized spacial score (nSPS) is 19.6. The van der Waals surface area contributed by atoms with E-state index in [2.05, 4.69) is 5.32 Å². The van der Waals surface area contributed by atoms with Gasteiger partial charge in [-0.2, -0.15) is 4.48 Å². The molecule has 116 valence electrons. The Labute approximate surface area is 122 Å². The second-order valence-corrected chi connectivity index (χ2v) is 5.81. The number of nitrogens with one attached hydrogen (secondary N) is 1. The molecule has 5 heteroatoms. The van der Waals surface area contributed by atoms with Crippen LogP contribution in [0.1, 0.15) is 46.0 Å². The predicted molar refractivity (Wildman–Crippen MR) is 79.9 cm³/mol. The standard InChI is InChI=1S/C15H30N3O2/c1-3-13(2)15(20)18(11-9-17-10-12-18)14(19)7-5-4-6-8-16/h13,17H,3-12,16H2,1-2H3/q+1/t13-/m0/s1. The van der Waals surface area contributed by atoms with E-state index in [4.69, 9.17) is 5.73 Å². The van der Waals surface area contributed by atoms with Crippen molar-refractivity contribution in [2.24, 2.45) is 11.7 Å². The Morgan fingerprint density at radius 3 is 2.40 bits per heavy atom. The summed E-state index contributed by atoms with van der Waals surface area (Å²) < 4.78 is 0.0602. The summed E-state index contributed by atoms with van der Waals surface area (Å²) in [7, 11) is 0. The SMILES string of the molecule is CC[C@H](C)C(=O)[N+]1(C(=O)CCCCCN)CCNCC1. The van der Waals surface area contributed by atoms with Crippen molar-refractivity contribution in [3.8, 4) is 0 Å². The molecule has 0 bridgehead atoms. The van der Waals surface area contributed by atoms with E-state index in [1.165, 1.54) is 0 Å². The number of carbonyl (C=O) groups excluding carboxylic acids is 2. The van der Waals surface area contributed by atoms with E-state index in [0.29, 0.717) is 26.1 Å². The highest BCUT2D eigenvalue weighted by Gasteiger charge is 2.46. The number of nitrogens with zero attached hydrogens (tertiary/aromatic N) is 1. The molecule has 1 saturated heterocycles. The van der Waals surface area contributed by atoms with Crippen molar-refractivity contribution in [2.45, 2.75) is 46.0 Å². The molecule has 0 saturated carbocycles. The highest BCUT2D eigenvalue weighted by Crippen LogP contribution is 2.20. The lowest BCUT2D eigenvalue weighted by molar-refractivity contribution is -0.783. The van der Waals surface area contributed by atoms with Crippen LogP contribution >= 0.6 is 0 Å². The Bertz CT molecular complexity index is 325. The Hall–Kier alpha value is -0.780. The largest absolute Gasteiger partial charge is 0.330 e. The zero-order chi connectivity index (χ0) is 15.0. The lowest BCUT2D eigenvalue weighted by Crippen LogP contribution is -2.66. The molecule has 1 rings (SSSR count). The van der Waals surface area contributed by atoms with Crippen molar-refractivity contribution in [2.75, 3.05) is 32.7 Å². The minimum Gasteiger partial charge on any atom is -0.330 e. The van der Waals surface area contributed by atoms with Gasteiger partial charge in [-0.15, -0.1) is 0 Å². The van der Waals surface area contributed by atoms with Crippen molar-refractivity contribution < 1.29 is 14.1 Å².